The third-order valence-electron chi connectivity index (χ3n) is 1.74. The molecule has 0 saturated heterocycles. The minimum Gasteiger partial charge on any atom is -0.263 e. The van der Waals surface area contributed by atoms with Crippen LogP contribution in [0.1, 0.15) is 25.8 Å². The van der Waals surface area contributed by atoms with E-state index in [-0.39, 0.29) is 0 Å². The Morgan fingerprint density at radius 2 is 2.42 bits per heavy atom. The second-order valence-corrected chi connectivity index (χ2v) is 2.82. The molecule has 0 spiro atoms. The largest absolute Gasteiger partial charge is 0.263 e. The van der Waals surface area contributed by atoms with E-state index in [1.54, 1.807) is 12.4 Å². The summed E-state index contributed by atoms with van der Waals surface area (Å²) in [6, 6.07) is 3.88. The van der Waals surface area contributed by atoms with E-state index in [0.717, 1.165) is 12.0 Å². The Hall–Kier alpha value is -1.29. The second-order valence-electron chi connectivity index (χ2n) is 2.82. The van der Waals surface area contributed by atoms with Crippen LogP contribution in [0.25, 0.3) is 0 Å². The molecule has 1 heterocycles. The Bertz CT molecular complexity index is 279. The summed E-state index contributed by atoms with van der Waals surface area (Å²) in [7, 11) is 0. The zero-order valence-corrected chi connectivity index (χ0v) is 7.54. The SMILES string of the molecule is CCC(C)C#Cc1cccnc1. The van der Waals surface area contributed by atoms with Gasteiger partial charge in [-0.05, 0) is 18.6 Å². The van der Waals surface area contributed by atoms with Gasteiger partial charge in [-0.1, -0.05) is 25.7 Å². The van der Waals surface area contributed by atoms with Crippen molar-refractivity contribution in [2.45, 2.75) is 20.3 Å². The van der Waals surface area contributed by atoms with Crippen molar-refractivity contribution in [1.29, 1.82) is 0 Å². The highest BCUT2D eigenvalue weighted by atomic mass is 14.6. The van der Waals surface area contributed by atoms with Crippen LogP contribution in [0.2, 0.25) is 0 Å². The first-order valence-corrected chi connectivity index (χ1v) is 4.24. The number of aromatic nitrogens is 1. The molecular formula is C11H13N. The molecular weight excluding hydrogens is 146 g/mol. The van der Waals surface area contributed by atoms with Crippen LogP contribution in [0.3, 0.4) is 0 Å². The third-order valence-corrected chi connectivity index (χ3v) is 1.74. The van der Waals surface area contributed by atoms with Gasteiger partial charge in [0, 0.05) is 23.9 Å². The molecule has 0 fully saturated rings. The highest BCUT2D eigenvalue weighted by Crippen LogP contribution is 1.98. The fourth-order valence-electron chi connectivity index (χ4n) is 0.745. The summed E-state index contributed by atoms with van der Waals surface area (Å²) < 4.78 is 0. The molecule has 0 aromatic carbocycles. The van der Waals surface area contributed by atoms with Gasteiger partial charge in [-0.15, -0.1) is 0 Å². The fourth-order valence-corrected chi connectivity index (χ4v) is 0.745. The molecule has 1 atom stereocenters. The number of rotatable bonds is 1. The number of nitrogens with zero attached hydrogens (tertiary/aromatic N) is 1. The van der Waals surface area contributed by atoms with Crippen molar-refractivity contribution >= 4 is 0 Å². The Balaban J connectivity index is 2.67. The Morgan fingerprint density at radius 1 is 1.58 bits per heavy atom. The summed E-state index contributed by atoms with van der Waals surface area (Å²) in [4.78, 5) is 3.99. The van der Waals surface area contributed by atoms with Crippen LogP contribution in [0.4, 0.5) is 0 Å². The number of pyridine rings is 1. The molecule has 0 radical (unpaired) electrons. The summed E-state index contributed by atoms with van der Waals surface area (Å²) in [5.41, 5.74) is 0.998. The molecule has 62 valence electrons. The molecule has 12 heavy (non-hydrogen) atoms. The van der Waals surface area contributed by atoms with Crippen LogP contribution in [-0.4, -0.2) is 4.98 Å². The molecule has 0 amide bonds. The van der Waals surface area contributed by atoms with Crippen molar-refractivity contribution < 1.29 is 0 Å². The van der Waals surface area contributed by atoms with Crippen LogP contribution in [0, 0.1) is 17.8 Å². The summed E-state index contributed by atoms with van der Waals surface area (Å²) in [6.07, 6.45) is 4.65. The lowest BCUT2D eigenvalue weighted by Gasteiger charge is -1.94. The molecule has 0 aliphatic heterocycles. The van der Waals surface area contributed by atoms with E-state index >= 15 is 0 Å². The van der Waals surface area contributed by atoms with Crippen molar-refractivity contribution in [3.05, 3.63) is 30.1 Å². The maximum Gasteiger partial charge on any atom is 0.0428 e. The fraction of sp³-hybridized carbons (Fsp3) is 0.364. The number of hydrogen-bond donors (Lipinski definition) is 0. The topological polar surface area (TPSA) is 12.9 Å². The van der Waals surface area contributed by atoms with Crippen molar-refractivity contribution in [2.75, 3.05) is 0 Å². The van der Waals surface area contributed by atoms with E-state index in [9.17, 15) is 0 Å². The molecule has 1 heteroatoms. The standard InChI is InChI=1S/C11H13N/c1-3-10(2)6-7-11-5-4-8-12-9-11/h4-5,8-10H,3H2,1-2H3. The predicted octanol–water partition coefficient (Wildman–Crippen LogP) is 2.48. The molecule has 0 bridgehead atoms. The van der Waals surface area contributed by atoms with E-state index in [1.807, 2.05) is 12.1 Å². The van der Waals surface area contributed by atoms with Gasteiger partial charge in [0.15, 0.2) is 0 Å². The van der Waals surface area contributed by atoms with E-state index in [0.29, 0.717) is 5.92 Å². The first-order valence-electron chi connectivity index (χ1n) is 4.24. The second kappa shape index (κ2) is 4.56. The normalized spacial score (nSPS) is 11.5. The first kappa shape index (κ1) is 8.80. The molecule has 1 nitrogen and oxygen atoms in total. The third kappa shape index (κ3) is 2.75. The monoisotopic (exact) mass is 159 g/mol. The minimum absolute atomic E-state index is 0.477. The zero-order valence-electron chi connectivity index (χ0n) is 7.54. The molecule has 1 unspecified atom stereocenters. The first-order chi connectivity index (χ1) is 5.83. The lowest BCUT2D eigenvalue weighted by molar-refractivity contribution is 0.723. The van der Waals surface area contributed by atoms with Gasteiger partial charge in [-0.2, -0.15) is 0 Å². The van der Waals surface area contributed by atoms with Gasteiger partial charge in [-0.3, -0.25) is 4.98 Å². The lowest BCUT2D eigenvalue weighted by Crippen LogP contribution is -1.85. The van der Waals surface area contributed by atoms with Crippen LogP contribution >= 0.6 is 0 Å². The maximum absolute atomic E-state index is 3.99. The highest BCUT2D eigenvalue weighted by Gasteiger charge is 1.89. The van der Waals surface area contributed by atoms with E-state index in [1.165, 1.54) is 0 Å². The van der Waals surface area contributed by atoms with Crippen molar-refractivity contribution in [3.63, 3.8) is 0 Å². The molecule has 1 aromatic heterocycles. The minimum atomic E-state index is 0.477. The summed E-state index contributed by atoms with van der Waals surface area (Å²) in [6.45, 7) is 4.27. The summed E-state index contributed by atoms with van der Waals surface area (Å²) >= 11 is 0. The van der Waals surface area contributed by atoms with Gasteiger partial charge in [0.2, 0.25) is 0 Å². The van der Waals surface area contributed by atoms with Gasteiger partial charge < -0.3 is 0 Å². The smallest absolute Gasteiger partial charge is 0.0428 e. The molecule has 0 aliphatic carbocycles. The molecule has 0 aliphatic rings. The van der Waals surface area contributed by atoms with Crippen molar-refractivity contribution in [1.82, 2.24) is 4.98 Å². The summed E-state index contributed by atoms with van der Waals surface area (Å²) in [5, 5.41) is 0. The predicted molar refractivity (Wildman–Crippen MR) is 50.6 cm³/mol. The van der Waals surface area contributed by atoms with Gasteiger partial charge in [0.05, 0.1) is 0 Å². The zero-order chi connectivity index (χ0) is 8.81. The average Bonchev–Trinajstić information content (AvgIpc) is 2.16. The van der Waals surface area contributed by atoms with Gasteiger partial charge in [-0.25, -0.2) is 0 Å². The van der Waals surface area contributed by atoms with Gasteiger partial charge >= 0.3 is 0 Å². The molecule has 0 N–H and O–H groups in total. The molecule has 1 rings (SSSR count). The Kier molecular flexibility index (Phi) is 3.35. The highest BCUT2D eigenvalue weighted by molar-refractivity contribution is 5.31. The van der Waals surface area contributed by atoms with E-state index in [2.05, 4.69) is 30.7 Å². The van der Waals surface area contributed by atoms with E-state index < -0.39 is 0 Å². The lowest BCUT2D eigenvalue weighted by atomic mass is 10.1. The Labute approximate surface area is 73.8 Å². The van der Waals surface area contributed by atoms with Gasteiger partial charge in [0.1, 0.15) is 0 Å². The van der Waals surface area contributed by atoms with Crippen molar-refractivity contribution in [2.24, 2.45) is 5.92 Å². The Morgan fingerprint density at radius 3 is 3.00 bits per heavy atom. The quantitative estimate of drug-likeness (QED) is 0.574. The summed E-state index contributed by atoms with van der Waals surface area (Å²) in [5.74, 6) is 6.72. The number of hydrogen-bond acceptors (Lipinski definition) is 1. The van der Waals surface area contributed by atoms with Gasteiger partial charge in [0.25, 0.3) is 0 Å². The molecule has 0 saturated carbocycles. The maximum atomic E-state index is 3.99. The van der Waals surface area contributed by atoms with Crippen LogP contribution in [-0.2, 0) is 0 Å². The molecule has 1 aromatic rings. The average molecular weight is 159 g/mol. The van der Waals surface area contributed by atoms with Crippen molar-refractivity contribution in [3.8, 4) is 11.8 Å². The van der Waals surface area contributed by atoms with Crippen LogP contribution in [0.15, 0.2) is 24.5 Å². The van der Waals surface area contributed by atoms with E-state index in [4.69, 9.17) is 0 Å². The van der Waals surface area contributed by atoms with Crippen LogP contribution < -0.4 is 0 Å². The van der Waals surface area contributed by atoms with Crippen LogP contribution in [0.5, 0.6) is 0 Å².